The van der Waals surface area contributed by atoms with Gasteiger partial charge in [-0.15, -0.1) is 0 Å². The van der Waals surface area contributed by atoms with Gasteiger partial charge in [-0.3, -0.25) is 11.3 Å². The average Bonchev–Trinajstić information content (AvgIpc) is 2.86. The molecule has 106 valence electrons. The standard InChI is InChI=1S/C16H26N2O/c1-2-3-4-5-6-10-14(18-17)16-12-13-9-7-8-11-15(13)19-16/h7-9,11,14,16,18H,2-6,10,12,17H2,1H3. The molecule has 0 bridgehead atoms. The second kappa shape index (κ2) is 7.51. The van der Waals surface area contributed by atoms with Gasteiger partial charge >= 0.3 is 0 Å². The van der Waals surface area contributed by atoms with E-state index in [9.17, 15) is 0 Å². The van der Waals surface area contributed by atoms with Crippen LogP contribution in [0, 0.1) is 0 Å². The number of ether oxygens (including phenoxy) is 1. The van der Waals surface area contributed by atoms with Gasteiger partial charge in [-0.2, -0.15) is 0 Å². The summed E-state index contributed by atoms with van der Waals surface area (Å²) in [6, 6.07) is 8.54. The fraction of sp³-hybridized carbons (Fsp3) is 0.625. The first-order valence-electron chi connectivity index (χ1n) is 7.56. The lowest BCUT2D eigenvalue weighted by Crippen LogP contribution is -2.46. The number of hydrazine groups is 1. The van der Waals surface area contributed by atoms with Gasteiger partial charge in [-0.25, -0.2) is 0 Å². The maximum Gasteiger partial charge on any atom is 0.123 e. The Morgan fingerprint density at radius 3 is 2.79 bits per heavy atom. The Morgan fingerprint density at radius 2 is 2.05 bits per heavy atom. The number of benzene rings is 1. The summed E-state index contributed by atoms with van der Waals surface area (Å²) in [5, 5.41) is 0. The van der Waals surface area contributed by atoms with Crippen molar-refractivity contribution in [2.75, 3.05) is 0 Å². The van der Waals surface area contributed by atoms with Crippen molar-refractivity contribution in [2.45, 2.75) is 64.0 Å². The molecule has 3 N–H and O–H groups in total. The number of para-hydroxylation sites is 1. The molecular weight excluding hydrogens is 236 g/mol. The molecule has 0 radical (unpaired) electrons. The van der Waals surface area contributed by atoms with Crippen LogP contribution in [0.1, 0.15) is 51.0 Å². The zero-order valence-electron chi connectivity index (χ0n) is 11.9. The molecule has 3 nitrogen and oxygen atoms in total. The summed E-state index contributed by atoms with van der Waals surface area (Å²) in [6.45, 7) is 2.24. The summed E-state index contributed by atoms with van der Waals surface area (Å²) in [4.78, 5) is 0. The van der Waals surface area contributed by atoms with Crippen LogP contribution in [-0.2, 0) is 6.42 Å². The molecule has 0 fully saturated rings. The molecule has 0 saturated heterocycles. The van der Waals surface area contributed by atoms with Crippen LogP contribution >= 0.6 is 0 Å². The molecule has 3 heteroatoms. The third-order valence-corrected chi connectivity index (χ3v) is 3.95. The molecule has 1 aliphatic rings. The summed E-state index contributed by atoms with van der Waals surface area (Å²) in [7, 11) is 0. The topological polar surface area (TPSA) is 47.3 Å². The zero-order valence-corrected chi connectivity index (χ0v) is 11.9. The SMILES string of the molecule is CCCCCCCC(NN)C1Cc2ccccc2O1. The molecule has 2 rings (SSSR count). The fourth-order valence-corrected chi connectivity index (χ4v) is 2.78. The number of nitrogens with two attached hydrogens (primary N) is 1. The number of unbranched alkanes of at least 4 members (excludes halogenated alkanes) is 4. The number of fused-ring (bicyclic) bond motifs is 1. The summed E-state index contributed by atoms with van der Waals surface area (Å²) in [5.41, 5.74) is 4.25. The van der Waals surface area contributed by atoms with E-state index in [1.54, 1.807) is 0 Å². The molecule has 2 unspecified atom stereocenters. The van der Waals surface area contributed by atoms with Crippen molar-refractivity contribution in [2.24, 2.45) is 5.84 Å². The molecule has 0 saturated carbocycles. The number of hydrogen-bond donors (Lipinski definition) is 2. The van der Waals surface area contributed by atoms with Crippen molar-refractivity contribution in [3.05, 3.63) is 29.8 Å². The first-order valence-corrected chi connectivity index (χ1v) is 7.56. The van der Waals surface area contributed by atoms with E-state index in [4.69, 9.17) is 10.6 Å². The van der Waals surface area contributed by atoms with Crippen molar-refractivity contribution in [1.82, 2.24) is 5.43 Å². The third kappa shape index (κ3) is 3.95. The normalized spacial score (nSPS) is 18.9. The fourth-order valence-electron chi connectivity index (χ4n) is 2.78. The quantitative estimate of drug-likeness (QED) is 0.430. The minimum Gasteiger partial charge on any atom is -0.488 e. The van der Waals surface area contributed by atoms with Gasteiger partial charge in [-0.1, -0.05) is 57.2 Å². The highest BCUT2D eigenvalue weighted by atomic mass is 16.5. The molecule has 0 aliphatic carbocycles. The molecule has 0 amide bonds. The monoisotopic (exact) mass is 262 g/mol. The molecule has 1 aromatic carbocycles. The van der Waals surface area contributed by atoms with Crippen LogP contribution in [0.3, 0.4) is 0 Å². The van der Waals surface area contributed by atoms with E-state index in [2.05, 4.69) is 24.5 Å². The van der Waals surface area contributed by atoms with Gasteiger partial charge in [-0.05, 0) is 18.1 Å². The molecule has 1 heterocycles. The number of hydrogen-bond acceptors (Lipinski definition) is 3. The molecule has 2 atom stereocenters. The van der Waals surface area contributed by atoms with Gasteiger partial charge in [0.2, 0.25) is 0 Å². The van der Waals surface area contributed by atoms with Gasteiger partial charge in [0.05, 0.1) is 6.04 Å². The minimum absolute atomic E-state index is 0.188. The van der Waals surface area contributed by atoms with Gasteiger partial charge in [0, 0.05) is 6.42 Å². The zero-order chi connectivity index (χ0) is 13.5. The average molecular weight is 262 g/mol. The predicted molar refractivity (Wildman–Crippen MR) is 79.0 cm³/mol. The Balaban J connectivity index is 1.77. The summed E-state index contributed by atoms with van der Waals surface area (Å²) in [5.74, 6) is 6.72. The van der Waals surface area contributed by atoms with Crippen molar-refractivity contribution in [3.8, 4) is 5.75 Å². The number of nitrogens with one attached hydrogen (secondary N) is 1. The van der Waals surface area contributed by atoms with Gasteiger partial charge in [0.25, 0.3) is 0 Å². The molecule has 19 heavy (non-hydrogen) atoms. The van der Waals surface area contributed by atoms with Crippen LogP contribution in [0.15, 0.2) is 24.3 Å². The van der Waals surface area contributed by atoms with Crippen LogP contribution in [-0.4, -0.2) is 12.1 Å². The summed E-state index contributed by atoms with van der Waals surface area (Å²) >= 11 is 0. The van der Waals surface area contributed by atoms with Crippen LogP contribution in [0.25, 0.3) is 0 Å². The molecule has 0 aromatic heterocycles. The molecular formula is C16H26N2O. The van der Waals surface area contributed by atoms with E-state index < -0.39 is 0 Å². The second-order valence-corrected chi connectivity index (χ2v) is 5.44. The van der Waals surface area contributed by atoms with E-state index in [1.165, 1.54) is 37.7 Å². The van der Waals surface area contributed by atoms with Crippen molar-refractivity contribution < 1.29 is 4.74 Å². The minimum atomic E-state index is 0.188. The van der Waals surface area contributed by atoms with Gasteiger partial charge in [0.1, 0.15) is 11.9 Å². The van der Waals surface area contributed by atoms with Crippen LogP contribution in [0.2, 0.25) is 0 Å². The third-order valence-electron chi connectivity index (χ3n) is 3.95. The highest BCUT2D eigenvalue weighted by molar-refractivity contribution is 5.37. The lowest BCUT2D eigenvalue weighted by Gasteiger charge is -2.22. The van der Waals surface area contributed by atoms with E-state index >= 15 is 0 Å². The maximum absolute atomic E-state index is 6.00. The van der Waals surface area contributed by atoms with Crippen molar-refractivity contribution >= 4 is 0 Å². The summed E-state index contributed by atoms with van der Waals surface area (Å²) in [6.07, 6.45) is 8.74. The Labute approximate surface area is 116 Å². The predicted octanol–water partition coefficient (Wildman–Crippen LogP) is 3.18. The molecule has 1 aliphatic heterocycles. The van der Waals surface area contributed by atoms with E-state index in [0.29, 0.717) is 0 Å². The maximum atomic E-state index is 6.00. The smallest absolute Gasteiger partial charge is 0.123 e. The second-order valence-electron chi connectivity index (χ2n) is 5.44. The van der Waals surface area contributed by atoms with E-state index in [1.807, 2.05) is 12.1 Å². The Bertz CT molecular complexity index is 356. The van der Waals surface area contributed by atoms with Gasteiger partial charge < -0.3 is 4.74 Å². The molecule has 1 aromatic rings. The highest BCUT2D eigenvalue weighted by Gasteiger charge is 2.28. The van der Waals surface area contributed by atoms with Crippen LogP contribution < -0.4 is 16.0 Å². The van der Waals surface area contributed by atoms with Crippen molar-refractivity contribution in [3.63, 3.8) is 0 Å². The lowest BCUT2D eigenvalue weighted by molar-refractivity contribution is 0.170. The first-order chi connectivity index (χ1) is 9.35. The Hall–Kier alpha value is -1.06. The lowest BCUT2D eigenvalue weighted by atomic mass is 9.99. The summed E-state index contributed by atoms with van der Waals surface area (Å²) < 4.78 is 6.00. The number of rotatable bonds is 8. The van der Waals surface area contributed by atoms with E-state index in [-0.39, 0.29) is 12.1 Å². The first kappa shape index (κ1) is 14.4. The van der Waals surface area contributed by atoms with Crippen LogP contribution in [0.4, 0.5) is 0 Å². The Morgan fingerprint density at radius 1 is 1.26 bits per heavy atom. The van der Waals surface area contributed by atoms with Crippen molar-refractivity contribution in [1.29, 1.82) is 0 Å². The molecule has 0 spiro atoms. The van der Waals surface area contributed by atoms with E-state index in [0.717, 1.165) is 18.6 Å². The van der Waals surface area contributed by atoms with Crippen LogP contribution in [0.5, 0.6) is 5.75 Å². The highest BCUT2D eigenvalue weighted by Crippen LogP contribution is 2.30. The Kier molecular flexibility index (Phi) is 5.67. The largest absolute Gasteiger partial charge is 0.488 e. The van der Waals surface area contributed by atoms with Gasteiger partial charge in [0.15, 0.2) is 0 Å².